The molecule has 0 aliphatic rings. The number of primary amides is 1. The largest absolute Gasteiger partial charge is 0.365 e. The molecule has 8 heteroatoms. The molecule has 102 valence electrons. The Bertz CT molecular complexity index is 785. The van der Waals surface area contributed by atoms with Gasteiger partial charge in [0.05, 0.1) is 28.0 Å². The first-order chi connectivity index (χ1) is 9.56. The number of aromatic amines is 1. The Morgan fingerprint density at radius 3 is 2.70 bits per heavy atom. The normalized spacial score (nSPS) is 10.9. The van der Waals surface area contributed by atoms with E-state index >= 15 is 0 Å². The molecule has 3 aromatic rings. The van der Waals surface area contributed by atoms with Crippen LogP contribution in [0, 0.1) is 13.8 Å². The molecule has 3 heterocycles. The number of thiazole rings is 2. The molecule has 3 N–H and O–H groups in total. The number of hydrogen-bond donors (Lipinski definition) is 2. The zero-order valence-corrected chi connectivity index (χ0v) is 12.4. The number of nitrogens with two attached hydrogens (primary N) is 1. The maximum atomic E-state index is 11.6. The molecule has 0 aliphatic carbocycles. The van der Waals surface area contributed by atoms with E-state index in [1.54, 1.807) is 11.7 Å². The Morgan fingerprint density at radius 2 is 2.15 bits per heavy atom. The fourth-order valence-corrected chi connectivity index (χ4v) is 3.57. The smallest absolute Gasteiger partial charge is 0.261 e. The van der Waals surface area contributed by atoms with Crippen molar-refractivity contribution < 1.29 is 4.79 Å². The molecule has 0 saturated heterocycles. The Labute approximate surface area is 122 Å². The first-order valence-electron chi connectivity index (χ1n) is 5.79. The van der Waals surface area contributed by atoms with Crippen molar-refractivity contribution in [3.8, 4) is 21.3 Å². The van der Waals surface area contributed by atoms with Gasteiger partial charge in [-0.25, -0.2) is 15.0 Å². The second-order valence-corrected chi connectivity index (χ2v) is 6.06. The van der Waals surface area contributed by atoms with Crippen molar-refractivity contribution >= 4 is 28.6 Å². The Morgan fingerprint density at radius 1 is 1.35 bits per heavy atom. The third-order valence-corrected chi connectivity index (χ3v) is 4.78. The van der Waals surface area contributed by atoms with Crippen LogP contribution < -0.4 is 5.73 Å². The fraction of sp³-hybridized carbons (Fsp3) is 0.167. The molecular weight excluding hydrogens is 294 g/mol. The monoisotopic (exact) mass is 305 g/mol. The van der Waals surface area contributed by atoms with Crippen LogP contribution in [-0.2, 0) is 0 Å². The molecule has 3 rings (SSSR count). The molecule has 0 radical (unpaired) electrons. The van der Waals surface area contributed by atoms with Crippen molar-refractivity contribution in [3.63, 3.8) is 0 Å². The van der Waals surface area contributed by atoms with E-state index in [1.165, 1.54) is 22.7 Å². The molecule has 0 saturated carbocycles. The van der Waals surface area contributed by atoms with Gasteiger partial charge in [0, 0.05) is 0 Å². The van der Waals surface area contributed by atoms with Crippen molar-refractivity contribution in [2.45, 2.75) is 13.8 Å². The van der Waals surface area contributed by atoms with Crippen LogP contribution in [0.2, 0.25) is 0 Å². The lowest BCUT2D eigenvalue weighted by Gasteiger charge is -1.95. The second-order valence-electron chi connectivity index (χ2n) is 4.21. The van der Waals surface area contributed by atoms with Gasteiger partial charge in [-0.05, 0) is 13.8 Å². The Hall–Kier alpha value is -2.06. The van der Waals surface area contributed by atoms with Crippen LogP contribution in [0.3, 0.4) is 0 Å². The highest BCUT2D eigenvalue weighted by Crippen LogP contribution is 2.36. The topological polar surface area (TPSA) is 97.5 Å². The van der Waals surface area contributed by atoms with Gasteiger partial charge in [0.15, 0.2) is 0 Å². The molecule has 0 aromatic carbocycles. The Balaban J connectivity index is 2.17. The van der Waals surface area contributed by atoms with Gasteiger partial charge < -0.3 is 10.7 Å². The van der Waals surface area contributed by atoms with E-state index in [-0.39, 0.29) is 0 Å². The number of hydrogen-bond acceptors (Lipinski definition) is 6. The summed E-state index contributed by atoms with van der Waals surface area (Å²) in [5.74, 6) is 0.319. The lowest BCUT2D eigenvalue weighted by Crippen LogP contribution is -2.10. The Kier molecular flexibility index (Phi) is 3.11. The van der Waals surface area contributed by atoms with E-state index in [9.17, 15) is 4.79 Å². The van der Waals surface area contributed by atoms with Crippen LogP contribution in [0.5, 0.6) is 0 Å². The summed E-state index contributed by atoms with van der Waals surface area (Å²) >= 11 is 2.71. The average molecular weight is 305 g/mol. The van der Waals surface area contributed by atoms with Gasteiger partial charge in [-0.15, -0.1) is 22.7 Å². The molecule has 1 amide bonds. The number of imidazole rings is 1. The number of amides is 1. The minimum atomic E-state index is -0.479. The first kappa shape index (κ1) is 12.9. The molecule has 0 unspecified atom stereocenters. The summed E-state index contributed by atoms with van der Waals surface area (Å²) < 4.78 is 0. The van der Waals surface area contributed by atoms with Crippen LogP contribution in [0.4, 0.5) is 0 Å². The van der Waals surface area contributed by atoms with E-state index in [4.69, 9.17) is 5.73 Å². The molecular formula is C12H11N5OS2. The number of carbonyl (C=O) groups excluding carboxylic acids is 1. The van der Waals surface area contributed by atoms with Crippen LogP contribution in [0.25, 0.3) is 21.3 Å². The van der Waals surface area contributed by atoms with Crippen molar-refractivity contribution in [3.05, 3.63) is 28.1 Å². The standard InChI is InChI=1S/C12H11N5OS2/c1-5-9(19-4-15-5)8-10(11(13)18)20-12(17-8)7-3-14-6(2)16-7/h3-4H,1-2H3,(H2,13,18)(H,14,16). The second kappa shape index (κ2) is 4.80. The summed E-state index contributed by atoms with van der Waals surface area (Å²) in [5, 5.41) is 0.696. The third-order valence-electron chi connectivity index (χ3n) is 2.74. The maximum absolute atomic E-state index is 11.6. The third kappa shape index (κ3) is 2.12. The lowest BCUT2D eigenvalue weighted by atomic mass is 10.2. The minimum Gasteiger partial charge on any atom is -0.365 e. The maximum Gasteiger partial charge on any atom is 0.261 e. The first-order valence-corrected chi connectivity index (χ1v) is 7.49. The van der Waals surface area contributed by atoms with Crippen LogP contribution >= 0.6 is 22.7 Å². The van der Waals surface area contributed by atoms with E-state index < -0.39 is 5.91 Å². The van der Waals surface area contributed by atoms with Crippen molar-refractivity contribution in [2.75, 3.05) is 0 Å². The highest BCUT2D eigenvalue weighted by atomic mass is 32.1. The van der Waals surface area contributed by atoms with Gasteiger partial charge in [0.25, 0.3) is 5.91 Å². The predicted molar refractivity (Wildman–Crippen MR) is 78.8 cm³/mol. The highest BCUT2D eigenvalue weighted by Gasteiger charge is 2.21. The number of rotatable bonds is 3. The van der Waals surface area contributed by atoms with Crippen molar-refractivity contribution in [1.82, 2.24) is 19.9 Å². The molecule has 0 bridgehead atoms. The zero-order chi connectivity index (χ0) is 14.3. The van der Waals surface area contributed by atoms with Gasteiger partial charge >= 0.3 is 0 Å². The number of carbonyl (C=O) groups is 1. The number of aryl methyl sites for hydroxylation is 2. The molecule has 20 heavy (non-hydrogen) atoms. The quantitative estimate of drug-likeness (QED) is 0.776. The molecule has 0 aliphatic heterocycles. The SMILES string of the molecule is Cc1ncc(-c2nc(-c3scnc3C)c(C(N)=O)s2)[nH]1. The van der Waals surface area contributed by atoms with E-state index in [1.807, 2.05) is 13.8 Å². The molecule has 6 nitrogen and oxygen atoms in total. The van der Waals surface area contributed by atoms with E-state index in [0.29, 0.717) is 15.6 Å². The fourth-order valence-electron chi connectivity index (χ4n) is 1.81. The predicted octanol–water partition coefficient (Wildman–Crippen LogP) is 2.37. The number of H-pyrrole nitrogens is 1. The summed E-state index contributed by atoms with van der Waals surface area (Å²) in [7, 11) is 0. The number of nitrogens with zero attached hydrogens (tertiary/aromatic N) is 3. The van der Waals surface area contributed by atoms with Crippen molar-refractivity contribution in [1.29, 1.82) is 0 Å². The van der Waals surface area contributed by atoms with Gasteiger partial charge in [-0.2, -0.15) is 0 Å². The summed E-state index contributed by atoms with van der Waals surface area (Å²) in [4.78, 5) is 28.9. The molecule has 0 atom stereocenters. The van der Waals surface area contributed by atoms with Gasteiger partial charge in [-0.3, -0.25) is 4.79 Å². The molecule has 0 fully saturated rings. The minimum absolute atomic E-state index is 0.444. The van der Waals surface area contributed by atoms with Gasteiger partial charge in [-0.1, -0.05) is 0 Å². The zero-order valence-electron chi connectivity index (χ0n) is 10.8. The summed E-state index contributed by atoms with van der Waals surface area (Å²) in [5.41, 5.74) is 9.41. The van der Waals surface area contributed by atoms with Crippen molar-refractivity contribution in [2.24, 2.45) is 5.73 Å². The van der Waals surface area contributed by atoms with Gasteiger partial charge in [0.2, 0.25) is 0 Å². The number of aromatic nitrogens is 4. The lowest BCUT2D eigenvalue weighted by molar-refractivity contribution is 0.100. The summed E-state index contributed by atoms with van der Waals surface area (Å²) in [6.45, 7) is 3.75. The van der Waals surface area contributed by atoms with Crippen LogP contribution in [0.15, 0.2) is 11.7 Å². The highest BCUT2D eigenvalue weighted by molar-refractivity contribution is 7.18. The molecule has 3 aromatic heterocycles. The van der Waals surface area contributed by atoms with E-state index in [2.05, 4.69) is 19.9 Å². The summed E-state index contributed by atoms with van der Waals surface area (Å²) in [6, 6.07) is 0. The van der Waals surface area contributed by atoms with Crippen LogP contribution in [-0.4, -0.2) is 25.8 Å². The summed E-state index contributed by atoms with van der Waals surface area (Å²) in [6.07, 6.45) is 1.70. The number of nitrogens with one attached hydrogen (secondary N) is 1. The molecule has 0 spiro atoms. The van der Waals surface area contributed by atoms with E-state index in [0.717, 1.165) is 22.1 Å². The van der Waals surface area contributed by atoms with Gasteiger partial charge in [0.1, 0.15) is 21.4 Å². The van der Waals surface area contributed by atoms with Crippen LogP contribution in [0.1, 0.15) is 21.2 Å². The average Bonchev–Trinajstić information content (AvgIpc) is 3.07.